The molecule has 0 saturated heterocycles. The molecule has 126 valence electrons. The number of amides is 1. The summed E-state index contributed by atoms with van der Waals surface area (Å²) in [6.45, 7) is 1.52. The molecule has 0 atom stereocenters. The van der Waals surface area contributed by atoms with Crippen molar-refractivity contribution < 1.29 is 18.1 Å². The Kier molecular flexibility index (Phi) is 4.84. The van der Waals surface area contributed by atoms with Crippen molar-refractivity contribution in [3.8, 4) is 0 Å². The van der Waals surface area contributed by atoms with Gasteiger partial charge in [-0.2, -0.15) is 0 Å². The minimum absolute atomic E-state index is 0.0834. The number of aryl methyl sites for hydroxylation is 1. The largest absolute Gasteiger partial charge is 0.355 e. The van der Waals surface area contributed by atoms with Crippen molar-refractivity contribution >= 4 is 27.3 Å². The summed E-state index contributed by atoms with van der Waals surface area (Å²) >= 11 is 0. The van der Waals surface area contributed by atoms with Crippen molar-refractivity contribution in [2.75, 3.05) is 11.8 Å². The zero-order chi connectivity index (χ0) is 17.9. The lowest BCUT2D eigenvalue weighted by atomic mass is 10.2. The summed E-state index contributed by atoms with van der Waals surface area (Å²) in [6, 6.07) is 9.69. The Bertz CT molecular complexity index is 909. The second-order valence-electron chi connectivity index (χ2n) is 4.94. The molecule has 0 saturated carbocycles. The van der Waals surface area contributed by atoms with Crippen molar-refractivity contribution in [2.45, 2.75) is 11.8 Å². The van der Waals surface area contributed by atoms with Gasteiger partial charge in [-0.05, 0) is 25.1 Å². The molecule has 2 aromatic carbocycles. The summed E-state index contributed by atoms with van der Waals surface area (Å²) in [6.07, 6.45) is 0. The van der Waals surface area contributed by atoms with Gasteiger partial charge in [0.2, 0.25) is 0 Å². The Morgan fingerprint density at radius 3 is 2.46 bits per heavy atom. The third-order valence-corrected chi connectivity index (χ3v) is 4.69. The molecule has 0 aliphatic rings. The summed E-state index contributed by atoms with van der Waals surface area (Å²) in [7, 11) is -2.66. The minimum Gasteiger partial charge on any atom is -0.355 e. The number of anilines is 1. The number of para-hydroxylation sites is 1. The van der Waals surface area contributed by atoms with Gasteiger partial charge in [0.1, 0.15) is 0 Å². The number of carbonyl (C=O) groups is 1. The fourth-order valence-corrected chi connectivity index (χ4v) is 3.16. The highest BCUT2D eigenvalue weighted by Crippen LogP contribution is 2.25. The Morgan fingerprint density at radius 1 is 1.17 bits per heavy atom. The molecule has 2 rings (SSSR count). The van der Waals surface area contributed by atoms with Crippen LogP contribution >= 0.6 is 0 Å². The van der Waals surface area contributed by atoms with Gasteiger partial charge in [-0.25, -0.2) is 8.42 Å². The molecule has 2 N–H and O–H groups in total. The Morgan fingerprint density at radius 2 is 1.83 bits per heavy atom. The van der Waals surface area contributed by atoms with Gasteiger partial charge in [-0.3, -0.25) is 19.6 Å². The molecule has 0 bridgehead atoms. The van der Waals surface area contributed by atoms with Crippen LogP contribution in [0.4, 0.5) is 11.4 Å². The average Bonchev–Trinajstić information content (AvgIpc) is 2.54. The molecule has 2 aromatic rings. The van der Waals surface area contributed by atoms with Gasteiger partial charge in [0.05, 0.1) is 21.1 Å². The maximum absolute atomic E-state index is 12.5. The number of hydrogen-bond donors (Lipinski definition) is 2. The van der Waals surface area contributed by atoms with Crippen LogP contribution in [0.15, 0.2) is 47.4 Å². The highest BCUT2D eigenvalue weighted by atomic mass is 32.2. The van der Waals surface area contributed by atoms with Crippen molar-refractivity contribution in [3.63, 3.8) is 0 Å². The van der Waals surface area contributed by atoms with Crippen LogP contribution < -0.4 is 10.0 Å². The van der Waals surface area contributed by atoms with Gasteiger partial charge in [0.15, 0.2) is 0 Å². The number of sulfonamides is 1. The Balaban J connectivity index is 2.45. The standard InChI is InChI=1S/C15H15N3O5S/c1-10-7-8-11(9-14(10)18(20)21)24(22,23)17-13-6-4-3-5-12(13)15(19)16-2/h3-9,17H,1-2H3,(H,16,19). The van der Waals surface area contributed by atoms with E-state index in [-0.39, 0.29) is 21.8 Å². The molecule has 8 nitrogen and oxygen atoms in total. The molecular weight excluding hydrogens is 334 g/mol. The maximum atomic E-state index is 12.5. The SMILES string of the molecule is CNC(=O)c1ccccc1NS(=O)(=O)c1ccc(C)c([N+](=O)[O-])c1. The number of carbonyl (C=O) groups excluding carboxylic acids is 1. The lowest BCUT2D eigenvalue weighted by molar-refractivity contribution is -0.385. The first-order valence-electron chi connectivity index (χ1n) is 6.85. The number of nitro groups is 1. The van der Waals surface area contributed by atoms with E-state index in [0.717, 1.165) is 6.07 Å². The third kappa shape index (κ3) is 3.51. The van der Waals surface area contributed by atoms with Crippen LogP contribution in [0.1, 0.15) is 15.9 Å². The van der Waals surface area contributed by atoms with E-state index >= 15 is 0 Å². The van der Waals surface area contributed by atoms with Crippen LogP contribution in [0.5, 0.6) is 0 Å². The molecule has 0 aromatic heterocycles. The molecule has 0 radical (unpaired) electrons. The van der Waals surface area contributed by atoms with Gasteiger partial charge in [-0.15, -0.1) is 0 Å². The van der Waals surface area contributed by atoms with E-state index in [1.54, 1.807) is 12.1 Å². The lowest BCUT2D eigenvalue weighted by Crippen LogP contribution is -2.21. The van der Waals surface area contributed by atoms with E-state index in [9.17, 15) is 23.3 Å². The predicted molar refractivity (Wildman–Crippen MR) is 88.5 cm³/mol. The molecule has 24 heavy (non-hydrogen) atoms. The topological polar surface area (TPSA) is 118 Å². The Labute approximate surface area is 138 Å². The minimum atomic E-state index is -4.08. The molecule has 0 fully saturated rings. The second kappa shape index (κ2) is 6.67. The highest BCUT2D eigenvalue weighted by molar-refractivity contribution is 7.92. The first-order valence-corrected chi connectivity index (χ1v) is 8.33. The maximum Gasteiger partial charge on any atom is 0.273 e. The first kappa shape index (κ1) is 17.4. The summed E-state index contributed by atoms with van der Waals surface area (Å²) in [5.74, 6) is -0.455. The summed E-state index contributed by atoms with van der Waals surface area (Å²) in [5, 5.41) is 13.4. The number of nitrogens with one attached hydrogen (secondary N) is 2. The van der Waals surface area contributed by atoms with Crippen LogP contribution in [-0.2, 0) is 10.0 Å². The van der Waals surface area contributed by atoms with Crippen molar-refractivity contribution in [1.29, 1.82) is 0 Å². The van der Waals surface area contributed by atoms with Crippen LogP contribution in [0, 0.1) is 17.0 Å². The van der Waals surface area contributed by atoms with Crippen molar-refractivity contribution in [2.24, 2.45) is 0 Å². The number of rotatable bonds is 5. The van der Waals surface area contributed by atoms with E-state index < -0.39 is 20.9 Å². The third-order valence-electron chi connectivity index (χ3n) is 3.33. The quantitative estimate of drug-likeness (QED) is 0.633. The molecule has 0 aliphatic heterocycles. The monoisotopic (exact) mass is 349 g/mol. The normalized spacial score (nSPS) is 10.9. The molecule has 0 spiro atoms. The predicted octanol–water partition coefficient (Wildman–Crippen LogP) is 2.06. The smallest absolute Gasteiger partial charge is 0.273 e. The summed E-state index contributed by atoms with van der Waals surface area (Å²) in [5.41, 5.74) is 0.285. The zero-order valence-electron chi connectivity index (χ0n) is 12.9. The van der Waals surface area contributed by atoms with Gasteiger partial charge in [-0.1, -0.05) is 18.2 Å². The van der Waals surface area contributed by atoms with Gasteiger partial charge in [0, 0.05) is 18.7 Å². The highest BCUT2D eigenvalue weighted by Gasteiger charge is 2.21. The molecule has 0 unspecified atom stereocenters. The molecular formula is C15H15N3O5S. The number of hydrogen-bond acceptors (Lipinski definition) is 5. The number of nitrogens with zero attached hydrogens (tertiary/aromatic N) is 1. The first-order chi connectivity index (χ1) is 11.3. The van der Waals surface area contributed by atoms with Crippen LogP contribution in [0.2, 0.25) is 0 Å². The molecule has 9 heteroatoms. The van der Waals surface area contributed by atoms with Crippen LogP contribution in [-0.4, -0.2) is 26.3 Å². The van der Waals surface area contributed by atoms with E-state index in [0.29, 0.717) is 5.56 Å². The van der Waals surface area contributed by atoms with Crippen LogP contribution in [0.3, 0.4) is 0 Å². The fourth-order valence-electron chi connectivity index (χ4n) is 2.06. The van der Waals surface area contributed by atoms with E-state index in [1.165, 1.54) is 38.2 Å². The van der Waals surface area contributed by atoms with Crippen molar-refractivity contribution in [3.05, 3.63) is 63.7 Å². The zero-order valence-corrected chi connectivity index (χ0v) is 13.8. The summed E-state index contributed by atoms with van der Waals surface area (Å²) in [4.78, 5) is 21.9. The summed E-state index contributed by atoms with van der Waals surface area (Å²) < 4.78 is 27.3. The van der Waals surface area contributed by atoms with Crippen LogP contribution in [0.25, 0.3) is 0 Å². The molecule has 0 aliphatic carbocycles. The Hall–Kier alpha value is -2.94. The number of nitro benzene ring substituents is 1. The average molecular weight is 349 g/mol. The van der Waals surface area contributed by atoms with E-state index in [2.05, 4.69) is 10.0 Å². The van der Waals surface area contributed by atoms with Gasteiger partial charge < -0.3 is 5.32 Å². The molecule has 1 amide bonds. The second-order valence-corrected chi connectivity index (χ2v) is 6.62. The molecule has 0 heterocycles. The van der Waals surface area contributed by atoms with Crippen molar-refractivity contribution in [1.82, 2.24) is 5.32 Å². The fraction of sp³-hybridized carbons (Fsp3) is 0.133. The van der Waals surface area contributed by atoms with E-state index in [1.807, 2.05) is 0 Å². The lowest BCUT2D eigenvalue weighted by Gasteiger charge is -2.12. The van der Waals surface area contributed by atoms with Gasteiger partial charge in [0.25, 0.3) is 21.6 Å². The number of benzene rings is 2. The van der Waals surface area contributed by atoms with Gasteiger partial charge >= 0.3 is 0 Å². The van der Waals surface area contributed by atoms with E-state index in [4.69, 9.17) is 0 Å².